The van der Waals surface area contributed by atoms with E-state index in [-0.39, 0.29) is 5.48 Å². The van der Waals surface area contributed by atoms with Crippen LogP contribution in [0.2, 0.25) is 0 Å². The van der Waals surface area contributed by atoms with E-state index < -0.39 is 0 Å². The maximum Gasteiger partial charge on any atom is -0.00516 e. The maximum absolute atomic E-state index is 3.12. The summed E-state index contributed by atoms with van der Waals surface area (Å²) < 4.78 is 0. The quantitative estimate of drug-likeness (QED) is 0.654. The minimum Gasteiger partial charge on any atom is -0.412 e. The Morgan fingerprint density at radius 2 is 1.73 bits per heavy atom. The zero-order chi connectivity index (χ0) is 8.24. The molecule has 0 aromatic carbocycles. The zero-order valence-corrected chi connectivity index (χ0v) is 9.05. The Labute approximate surface area is 75.5 Å². The van der Waals surface area contributed by atoms with Gasteiger partial charge >= 0.3 is 0 Å². The summed E-state index contributed by atoms with van der Waals surface area (Å²) in [4.78, 5) is 0. The van der Waals surface area contributed by atoms with Crippen LogP contribution in [0.15, 0.2) is 0 Å². The lowest BCUT2D eigenvalue weighted by Crippen LogP contribution is -2.07. The van der Waals surface area contributed by atoms with Crippen LogP contribution in [0, 0.1) is 0 Å². The van der Waals surface area contributed by atoms with Gasteiger partial charge in [-0.25, -0.2) is 0 Å². The minimum atomic E-state index is 0. The summed E-state index contributed by atoms with van der Waals surface area (Å²) in [5.41, 5.74) is 0. The van der Waals surface area contributed by atoms with E-state index in [1.54, 1.807) is 0 Å². The SMILES string of the molecule is CC.CNCCCCSC.O. The second kappa shape index (κ2) is 22.4. The Morgan fingerprint density at radius 1 is 1.18 bits per heavy atom. The average Bonchev–Trinajstić information content (AvgIpc) is 2.02. The summed E-state index contributed by atoms with van der Waals surface area (Å²) in [5.74, 6) is 1.31. The smallest absolute Gasteiger partial charge is 0.00516 e. The lowest BCUT2D eigenvalue weighted by molar-refractivity contribution is 0.715. The molecule has 0 rings (SSSR count). The topological polar surface area (TPSA) is 43.5 Å². The van der Waals surface area contributed by atoms with Crippen molar-refractivity contribution in [1.82, 2.24) is 5.32 Å². The molecule has 3 N–H and O–H groups in total. The highest BCUT2D eigenvalue weighted by molar-refractivity contribution is 7.98. The summed E-state index contributed by atoms with van der Waals surface area (Å²) in [6, 6.07) is 0. The first kappa shape index (κ1) is 17.4. The van der Waals surface area contributed by atoms with Crippen LogP contribution < -0.4 is 5.32 Å². The van der Waals surface area contributed by atoms with Crippen molar-refractivity contribution in [1.29, 1.82) is 0 Å². The van der Waals surface area contributed by atoms with Gasteiger partial charge in [0.25, 0.3) is 0 Å². The molecule has 0 aromatic heterocycles. The average molecular weight is 181 g/mol. The molecule has 0 heterocycles. The lowest BCUT2D eigenvalue weighted by Gasteiger charge is -1.95. The number of thioether (sulfide) groups is 1. The van der Waals surface area contributed by atoms with E-state index in [9.17, 15) is 0 Å². The molecule has 0 bridgehead atoms. The molecule has 0 atom stereocenters. The Hall–Kier alpha value is 0.270. The van der Waals surface area contributed by atoms with Crippen molar-refractivity contribution < 1.29 is 5.48 Å². The first-order valence-corrected chi connectivity index (χ1v) is 5.44. The van der Waals surface area contributed by atoms with Gasteiger partial charge in [-0.15, -0.1) is 0 Å². The van der Waals surface area contributed by atoms with Gasteiger partial charge in [-0.3, -0.25) is 0 Å². The third kappa shape index (κ3) is 25.3. The molecule has 0 saturated heterocycles. The number of rotatable bonds is 5. The molecule has 11 heavy (non-hydrogen) atoms. The number of nitrogens with one attached hydrogen (secondary N) is 1. The molecule has 0 unspecified atom stereocenters. The molecule has 0 aliphatic rings. The van der Waals surface area contributed by atoms with Gasteiger partial charge in [-0.2, -0.15) is 11.8 Å². The highest BCUT2D eigenvalue weighted by Gasteiger charge is 1.82. The second-order valence-electron chi connectivity index (χ2n) is 1.80. The van der Waals surface area contributed by atoms with Gasteiger partial charge in [0.1, 0.15) is 0 Å². The van der Waals surface area contributed by atoms with E-state index >= 15 is 0 Å². The van der Waals surface area contributed by atoms with Crippen LogP contribution >= 0.6 is 11.8 Å². The number of hydrogen-bond donors (Lipinski definition) is 1. The van der Waals surface area contributed by atoms with Crippen molar-refractivity contribution in [2.45, 2.75) is 26.7 Å². The fourth-order valence-electron chi connectivity index (χ4n) is 0.548. The van der Waals surface area contributed by atoms with Crippen LogP contribution in [0.3, 0.4) is 0 Å². The molecule has 0 aliphatic carbocycles. The van der Waals surface area contributed by atoms with Crippen molar-refractivity contribution in [3.8, 4) is 0 Å². The Kier molecular flexibility index (Phi) is 35.5. The normalized spacial score (nSPS) is 7.64. The minimum absolute atomic E-state index is 0. The van der Waals surface area contributed by atoms with Crippen molar-refractivity contribution in [2.75, 3.05) is 25.6 Å². The zero-order valence-electron chi connectivity index (χ0n) is 8.24. The molecule has 3 heteroatoms. The van der Waals surface area contributed by atoms with Crippen LogP contribution in [0.25, 0.3) is 0 Å². The molecule has 0 saturated carbocycles. The number of unbranched alkanes of at least 4 members (excludes halogenated alkanes) is 1. The van der Waals surface area contributed by atoms with E-state index in [4.69, 9.17) is 0 Å². The largest absolute Gasteiger partial charge is 0.412 e. The second-order valence-corrected chi connectivity index (χ2v) is 2.79. The van der Waals surface area contributed by atoms with E-state index in [0.717, 1.165) is 0 Å². The standard InChI is InChI=1S/C6H15NS.C2H6.H2O/c1-7-5-3-4-6-8-2;1-2;/h7H,3-6H2,1-2H3;1-2H3;1H2. The predicted octanol–water partition coefficient (Wildman–Crippen LogP) is 1.55. The first-order chi connectivity index (χ1) is 4.91. The molecule has 0 spiro atoms. The van der Waals surface area contributed by atoms with Crippen LogP contribution in [0.4, 0.5) is 0 Å². The summed E-state index contributed by atoms with van der Waals surface area (Å²) >= 11 is 1.92. The first-order valence-electron chi connectivity index (χ1n) is 4.05. The Balaban J connectivity index is -0.000000196. The van der Waals surface area contributed by atoms with Crippen LogP contribution in [-0.4, -0.2) is 31.1 Å². The molecule has 72 valence electrons. The van der Waals surface area contributed by atoms with E-state index in [1.807, 2.05) is 32.7 Å². The van der Waals surface area contributed by atoms with Gasteiger partial charge < -0.3 is 10.8 Å². The molecule has 0 fully saturated rings. The van der Waals surface area contributed by atoms with E-state index in [0.29, 0.717) is 0 Å². The van der Waals surface area contributed by atoms with E-state index in [1.165, 1.54) is 25.1 Å². The van der Waals surface area contributed by atoms with Crippen molar-refractivity contribution in [3.63, 3.8) is 0 Å². The molecule has 0 aromatic rings. The van der Waals surface area contributed by atoms with Gasteiger partial charge in [0.15, 0.2) is 0 Å². The number of hydrogen-bond acceptors (Lipinski definition) is 2. The van der Waals surface area contributed by atoms with Gasteiger partial charge in [-0.1, -0.05) is 13.8 Å². The molecule has 0 aliphatic heterocycles. The van der Waals surface area contributed by atoms with Gasteiger partial charge in [-0.05, 0) is 38.4 Å². The molecule has 2 nitrogen and oxygen atoms in total. The van der Waals surface area contributed by atoms with Crippen LogP contribution in [0.1, 0.15) is 26.7 Å². The summed E-state index contributed by atoms with van der Waals surface area (Å²) in [6.07, 6.45) is 4.82. The lowest BCUT2D eigenvalue weighted by atomic mass is 10.3. The summed E-state index contributed by atoms with van der Waals surface area (Å²) in [6.45, 7) is 5.17. The molecular formula is C8H23NOS. The third-order valence-corrected chi connectivity index (χ3v) is 1.72. The predicted molar refractivity (Wildman–Crippen MR) is 56.5 cm³/mol. The van der Waals surface area contributed by atoms with Crippen molar-refractivity contribution in [2.24, 2.45) is 0 Å². The Morgan fingerprint density at radius 3 is 2.09 bits per heavy atom. The van der Waals surface area contributed by atoms with Gasteiger partial charge in [0.2, 0.25) is 0 Å². The highest BCUT2D eigenvalue weighted by Crippen LogP contribution is 1.97. The van der Waals surface area contributed by atoms with Crippen molar-refractivity contribution >= 4 is 11.8 Å². The maximum atomic E-state index is 3.12. The molecular weight excluding hydrogens is 158 g/mol. The monoisotopic (exact) mass is 181 g/mol. The van der Waals surface area contributed by atoms with Gasteiger partial charge in [0.05, 0.1) is 0 Å². The highest BCUT2D eigenvalue weighted by atomic mass is 32.2. The molecule has 0 amide bonds. The van der Waals surface area contributed by atoms with Gasteiger partial charge in [0, 0.05) is 0 Å². The van der Waals surface area contributed by atoms with E-state index in [2.05, 4.69) is 11.6 Å². The fraction of sp³-hybridized carbons (Fsp3) is 1.00. The fourth-order valence-corrected chi connectivity index (χ4v) is 1.04. The summed E-state index contributed by atoms with van der Waals surface area (Å²) in [7, 11) is 2.00. The van der Waals surface area contributed by atoms with Crippen molar-refractivity contribution in [3.05, 3.63) is 0 Å². The summed E-state index contributed by atoms with van der Waals surface area (Å²) in [5, 5.41) is 3.12. The van der Waals surface area contributed by atoms with Crippen LogP contribution in [-0.2, 0) is 0 Å². The molecule has 0 radical (unpaired) electrons. The third-order valence-electron chi connectivity index (χ3n) is 1.03. The van der Waals surface area contributed by atoms with Crippen LogP contribution in [0.5, 0.6) is 0 Å². The Bertz CT molecular complexity index is 39.1.